The summed E-state index contributed by atoms with van der Waals surface area (Å²) < 4.78 is 1.66. The van der Waals surface area contributed by atoms with Crippen LogP contribution in [0, 0.1) is 0 Å². The van der Waals surface area contributed by atoms with Gasteiger partial charge in [-0.25, -0.2) is 0 Å². The second kappa shape index (κ2) is 9.23. The molecule has 4 rings (SSSR count). The Kier molecular flexibility index (Phi) is 6.25. The van der Waals surface area contributed by atoms with Gasteiger partial charge in [-0.15, -0.1) is 11.3 Å². The van der Waals surface area contributed by atoms with Crippen LogP contribution in [0.4, 0.5) is 0 Å². The van der Waals surface area contributed by atoms with Gasteiger partial charge < -0.3 is 10.2 Å². The highest BCUT2D eigenvalue weighted by Crippen LogP contribution is 2.19. The Bertz CT molecular complexity index is 992. The van der Waals surface area contributed by atoms with E-state index in [2.05, 4.69) is 15.3 Å². The van der Waals surface area contributed by atoms with E-state index in [1.54, 1.807) is 4.68 Å². The normalized spacial score (nSPS) is 14.6. The number of amides is 2. The molecule has 0 aliphatic carbocycles. The maximum absolute atomic E-state index is 13.0. The number of piperazine rings is 1. The summed E-state index contributed by atoms with van der Waals surface area (Å²) in [5.74, 6) is -0.0120. The fraction of sp³-hybridized carbons (Fsp3) is 0.318. The highest BCUT2D eigenvalue weighted by atomic mass is 32.1. The zero-order valence-corrected chi connectivity index (χ0v) is 17.8. The first-order chi connectivity index (χ1) is 14.6. The molecule has 7 nitrogen and oxygen atoms in total. The third-order valence-electron chi connectivity index (χ3n) is 5.29. The Labute approximate surface area is 179 Å². The molecule has 3 aromatic rings. The van der Waals surface area contributed by atoms with Crippen molar-refractivity contribution in [2.45, 2.75) is 0 Å². The lowest BCUT2D eigenvalue weighted by atomic mass is 10.1. The van der Waals surface area contributed by atoms with E-state index in [-0.39, 0.29) is 11.8 Å². The molecule has 1 saturated heterocycles. The fourth-order valence-electron chi connectivity index (χ4n) is 3.58. The minimum atomic E-state index is -0.0239. The van der Waals surface area contributed by atoms with E-state index in [0.717, 1.165) is 35.8 Å². The van der Waals surface area contributed by atoms with E-state index >= 15 is 0 Å². The summed E-state index contributed by atoms with van der Waals surface area (Å²) in [7, 11) is 1.81. The fourth-order valence-corrected chi connectivity index (χ4v) is 4.22. The lowest BCUT2D eigenvalue weighted by molar-refractivity contribution is 0.0627. The summed E-state index contributed by atoms with van der Waals surface area (Å²) in [5.41, 5.74) is 2.41. The number of carbonyl (C=O) groups excluding carboxylic acids is 2. The average Bonchev–Trinajstić information content (AvgIpc) is 3.44. The number of aryl methyl sites for hydroxylation is 1. The van der Waals surface area contributed by atoms with E-state index in [9.17, 15) is 9.59 Å². The molecule has 0 spiro atoms. The molecular weight excluding hydrogens is 398 g/mol. The zero-order valence-electron chi connectivity index (χ0n) is 17.0. The monoisotopic (exact) mass is 423 g/mol. The van der Waals surface area contributed by atoms with Gasteiger partial charge in [-0.1, -0.05) is 36.4 Å². The van der Waals surface area contributed by atoms with Crippen molar-refractivity contribution >= 4 is 23.2 Å². The largest absolute Gasteiger partial charge is 0.350 e. The summed E-state index contributed by atoms with van der Waals surface area (Å²) in [6, 6.07) is 15.4. The number of carbonyl (C=O) groups is 2. The van der Waals surface area contributed by atoms with E-state index < -0.39 is 0 Å². The second-order valence-electron chi connectivity index (χ2n) is 7.27. The Balaban J connectivity index is 1.27. The van der Waals surface area contributed by atoms with Crippen molar-refractivity contribution in [2.75, 3.05) is 39.3 Å². The minimum Gasteiger partial charge on any atom is -0.350 e. The number of benzene rings is 1. The molecule has 0 radical (unpaired) electrons. The molecule has 1 aromatic carbocycles. The molecule has 1 N–H and O–H groups in total. The second-order valence-corrected chi connectivity index (χ2v) is 8.22. The Hall–Kier alpha value is -2.97. The standard InChI is InChI=1S/C22H25N5O2S/c1-25-19(16-18(24-25)17-6-3-2-4-7-17)22(29)27-13-11-26(12-14-27)10-9-23-21(28)20-8-5-15-30-20/h2-8,15-16H,9-14H2,1H3,(H,23,28). The van der Waals surface area contributed by atoms with Crippen molar-refractivity contribution in [1.29, 1.82) is 0 Å². The summed E-state index contributed by atoms with van der Waals surface area (Å²) >= 11 is 1.44. The first kappa shape index (κ1) is 20.3. The van der Waals surface area contributed by atoms with Crippen molar-refractivity contribution in [2.24, 2.45) is 7.05 Å². The van der Waals surface area contributed by atoms with Crippen molar-refractivity contribution < 1.29 is 9.59 Å². The molecule has 156 valence electrons. The van der Waals surface area contributed by atoms with Gasteiger partial charge in [0.25, 0.3) is 11.8 Å². The summed E-state index contributed by atoms with van der Waals surface area (Å²) in [4.78, 5) is 29.9. The van der Waals surface area contributed by atoms with Gasteiger partial charge in [0.05, 0.1) is 10.6 Å². The van der Waals surface area contributed by atoms with Gasteiger partial charge >= 0.3 is 0 Å². The van der Waals surface area contributed by atoms with Gasteiger partial charge in [-0.2, -0.15) is 5.10 Å². The molecule has 1 fully saturated rings. The van der Waals surface area contributed by atoms with E-state index in [4.69, 9.17) is 0 Å². The maximum atomic E-state index is 13.0. The number of hydrogen-bond donors (Lipinski definition) is 1. The van der Waals surface area contributed by atoms with Crippen LogP contribution in [0.2, 0.25) is 0 Å². The predicted octanol–water partition coefficient (Wildman–Crippen LogP) is 2.34. The van der Waals surface area contributed by atoms with Crippen molar-refractivity contribution in [1.82, 2.24) is 24.9 Å². The Morgan fingerprint density at radius 1 is 1.07 bits per heavy atom. The summed E-state index contributed by atoms with van der Waals surface area (Å²) in [6.45, 7) is 4.32. The Morgan fingerprint density at radius 3 is 2.53 bits per heavy atom. The summed E-state index contributed by atoms with van der Waals surface area (Å²) in [6.07, 6.45) is 0. The molecule has 2 aromatic heterocycles. The van der Waals surface area contributed by atoms with Crippen LogP contribution in [-0.2, 0) is 7.05 Å². The first-order valence-corrected chi connectivity index (χ1v) is 10.9. The number of nitrogens with one attached hydrogen (secondary N) is 1. The van der Waals surface area contributed by atoms with E-state index in [1.807, 2.05) is 65.9 Å². The molecule has 3 heterocycles. The lowest BCUT2D eigenvalue weighted by Gasteiger charge is -2.34. The number of thiophene rings is 1. The van der Waals surface area contributed by atoms with Gasteiger partial charge in [0.1, 0.15) is 5.69 Å². The van der Waals surface area contributed by atoms with Gasteiger partial charge in [-0.05, 0) is 17.5 Å². The quantitative estimate of drug-likeness (QED) is 0.661. The first-order valence-electron chi connectivity index (χ1n) is 10.0. The van der Waals surface area contributed by atoms with Crippen LogP contribution in [0.25, 0.3) is 11.3 Å². The molecule has 0 unspecified atom stereocenters. The molecule has 1 aliphatic rings. The van der Waals surface area contributed by atoms with E-state index in [1.165, 1.54) is 11.3 Å². The van der Waals surface area contributed by atoms with E-state index in [0.29, 0.717) is 25.3 Å². The highest BCUT2D eigenvalue weighted by molar-refractivity contribution is 7.12. The predicted molar refractivity (Wildman–Crippen MR) is 118 cm³/mol. The molecule has 1 aliphatic heterocycles. The molecular formula is C22H25N5O2S. The van der Waals surface area contributed by atoms with Crippen LogP contribution < -0.4 is 5.32 Å². The molecule has 2 amide bonds. The Morgan fingerprint density at radius 2 is 1.83 bits per heavy atom. The summed E-state index contributed by atoms with van der Waals surface area (Å²) in [5, 5.41) is 9.36. The third-order valence-corrected chi connectivity index (χ3v) is 6.16. The lowest BCUT2D eigenvalue weighted by Crippen LogP contribution is -2.50. The SMILES string of the molecule is Cn1nc(-c2ccccc2)cc1C(=O)N1CCN(CCNC(=O)c2cccs2)CC1. The van der Waals surface area contributed by atoms with Gasteiger partial charge in [0.2, 0.25) is 0 Å². The number of rotatable bonds is 6. The molecule has 0 atom stereocenters. The smallest absolute Gasteiger partial charge is 0.272 e. The van der Waals surface area contributed by atoms with Crippen LogP contribution in [-0.4, -0.2) is 70.7 Å². The van der Waals surface area contributed by atoms with Gasteiger partial charge in [0.15, 0.2) is 0 Å². The van der Waals surface area contributed by atoms with Crippen molar-refractivity contribution in [3.8, 4) is 11.3 Å². The molecule has 8 heteroatoms. The molecule has 30 heavy (non-hydrogen) atoms. The van der Waals surface area contributed by atoms with Crippen LogP contribution in [0.15, 0.2) is 53.9 Å². The molecule has 0 bridgehead atoms. The average molecular weight is 424 g/mol. The van der Waals surface area contributed by atoms with Crippen molar-refractivity contribution in [3.05, 3.63) is 64.5 Å². The number of nitrogens with zero attached hydrogens (tertiary/aromatic N) is 4. The van der Waals surface area contributed by atoms with Crippen LogP contribution in [0.5, 0.6) is 0 Å². The van der Waals surface area contributed by atoms with Crippen LogP contribution in [0.3, 0.4) is 0 Å². The van der Waals surface area contributed by atoms with Crippen LogP contribution in [0.1, 0.15) is 20.2 Å². The number of hydrogen-bond acceptors (Lipinski definition) is 5. The zero-order chi connectivity index (χ0) is 20.9. The van der Waals surface area contributed by atoms with Gasteiger partial charge in [-0.3, -0.25) is 19.2 Å². The third kappa shape index (κ3) is 4.60. The number of aromatic nitrogens is 2. The topological polar surface area (TPSA) is 70.5 Å². The van der Waals surface area contributed by atoms with Crippen molar-refractivity contribution in [3.63, 3.8) is 0 Å². The highest BCUT2D eigenvalue weighted by Gasteiger charge is 2.24. The minimum absolute atomic E-state index is 0.0119. The van der Waals surface area contributed by atoms with Crippen LogP contribution >= 0.6 is 11.3 Å². The molecule has 0 saturated carbocycles. The maximum Gasteiger partial charge on any atom is 0.272 e. The van der Waals surface area contributed by atoms with Gasteiger partial charge in [0, 0.05) is 51.9 Å².